The molecule has 1 saturated heterocycles. The Morgan fingerprint density at radius 2 is 2.05 bits per heavy atom. The molecule has 2 heteroatoms. The maximum Gasteiger partial charge on any atom is 0.0369 e. The maximum absolute atomic E-state index is 3.49. The van der Waals surface area contributed by atoms with E-state index in [1.54, 1.807) is 0 Å². The van der Waals surface area contributed by atoms with Gasteiger partial charge in [-0.15, -0.1) is 0 Å². The van der Waals surface area contributed by atoms with Crippen molar-refractivity contribution in [1.29, 1.82) is 0 Å². The maximum atomic E-state index is 3.49. The zero-order valence-electron chi connectivity index (χ0n) is 13.1. The van der Waals surface area contributed by atoms with Crippen molar-refractivity contribution >= 4 is 5.69 Å². The summed E-state index contributed by atoms with van der Waals surface area (Å²) in [7, 11) is 0. The number of benzene rings is 1. The summed E-state index contributed by atoms with van der Waals surface area (Å²) in [5, 5.41) is 3.49. The molecule has 0 aromatic heterocycles. The van der Waals surface area contributed by atoms with Crippen LogP contribution in [0.3, 0.4) is 0 Å². The van der Waals surface area contributed by atoms with Gasteiger partial charge in [0.05, 0.1) is 0 Å². The first kappa shape index (κ1) is 14.4. The summed E-state index contributed by atoms with van der Waals surface area (Å²) in [5.74, 6) is 0. The van der Waals surface area contributed by atoms with Crippen molar-refractivity contribution in [1.82, 2.24) is 5.32 Å². The van der Waals surface area contributed by atoms with Gasteiger partial charge < -0.3 is 10.2 Å². The van der Waals surface area contributed by atoms with Crippen LogP contribution >= 0.6 is 0 Å². The lowest BCUT2D eigenvalue weighted by Gasteiger charge is -2.22. The minimum absolute atomic E-state index is 0.464. The van der Waals surface area contributed by atoms with Crippen molar-refractivity contribution in [2.75, 3.05) is 18.0 Å². The zero-order valence-corrected chi connectivity index (χ0v) is 13.1. The Morgan fingerprint density at radius 3 is 2.58 bits per heavy atom. The van der Waals surface area contributed by atoms with E-state index in [1.165, 1.54) is 36.3 Å². The fraction of sp³-hybridized carbons (Fsp3) is 0.647. The van der Waals surface area contributed by atoms with Crippen LogP contribution in [0.1, 0.15) is 45.2 Å². The number of rotatable bonds is 4. The molecule has 1 aliphatic heterocycles. The van der Waals surface area contributed by atoms with E-state index < -0.39 is 0 Å². The molecule has 0 atom stereocenters. The topological polar surface area (TPSA) is 15.3 Å². The van der Waals surface area contributed by atoms with Gasteiger partial charge in [-0.3, -0.25) is 0 Å². The summed E-state index contributed by atoms with van der Waals surface area (Å²) in [4.78, 5) is 2.52. The summed E-state index contributed by atoms with van der Waals surface area (Å²) in [6, 6.07) is 7.45. The van der Waals surface area contributed by atoms with Gasteiger partial charge in [0, 0.05) is 31.4 Å². The molecule has 1 aliphatic rings. The van der Waals surface area contributed by atoms with Crippen LogP contribution in [0.4, 0.5) is 5.69 Å². The highest BCUT2D eigenvalue weighted by molar-refractivity contribution is 5.51. The minimum atomic E-state index is 0.464. The van der Waals surface area contributed by atoms with Crippen LogP contribution in [-0.2, 0) is 6.54 Å². The van der Waals surface area contributed by atoms with E-state index in [1.807, 2.05) is 0 Å². The first-order chi connectivity index (χ1) is 8.87. The fourth-order valence-corrected chi connectivity index (χ4v) is 2.72. The number of nitrogens with one attached hydrogen (secondary N) is 1. The predicted octanol–water partition coefficient (Wildman–Crippen LogP) is 3.73. The highest BCUT2D eigenvalue weighted by Gasteiger charge is 2.29. The van der Waals surface area contributed by atoms with Crippen LogP contribution in [0.15, 0.2) is 18.2 Å². The Kier molecular flexibility index (Phi) is 4.19. The quantitative estimate of drug-likeness (QED) is 0.887. The van der Waals surface area contributed by atoms with Crippen molar-refractivity contribution in [3.05, 3.63) is 29.3 Å². The summed E-state index contributed by atoms with van der Waals surface area (Å²) in [6.45, 7) is 14.7. The molecule has 1 heterocycles. The van der Waals surface area contributed by atoms with E-state index in [4.69, 9.17) is 0 Å². The Hall–Kier alpha value is -1.02. The second-order valence-electron chi connectivity index (χ2n) is 6.98. The van der Waals surface area contributed by atoms with Crippen LogP contribution in [0.5, 0.6) is 0 Å². The molecule has 0 saturated carbocycles. The standard InChI is InChI=1S/C17H28N2/c1-13(2)18-11-15-6-7-16(10-14(15)3)19-9-8-17(4,5)12-19/h6-7,10,13,18H,8-9,11-12H2,1-5H3. The van der Waals surface area contributed by atoms with Crippen LogP contribution < -0.4 is 10.2 Å². The number of anilines is 1. The summed E-state index contributed by atoms with van der Waals surface area (Å²) in [6.07, 6.45) is 1.29. The third-order valence-electron chi connectivity index (χ3n) is 4.07. The SMILES string of the molecule is Cc1cc(N2CCC(C)(C)C2)ccc1CNC(C)C. The Bertz CT molecular complexity index is 435. The zero-order chi connectivity index (χ0) is 14.0. The lowest BCUT2D eigenvalue weighted by Crippen LogP contribution is -2.24. The van der Waals surface area contributed by atoms with Crippen molar-refractivity contribution < 1.29 is 0 Å². The lowest BCUT2D eigenvalue weighted by atomic mass is 9.93. The van der Waals surface area contributed by atoms with Crippen molar-refractivity contribution in [3.63, 3.8) is 0 Å². The van der Waals surface area contributed by atoms with Gasteiger partial charge in [-0.1, -0.05) is 33.8 Å². The van der Waals surface area contributed by atoms with Crippen molar-refractivity contribution in [2.45, 2.75) is 53.6 Å². The van der Waals surface area contributed by atoms with Gasteiger partial charge >= 0.3 is 0 Å². The molecule has 1 fully saturated rings. The van der Waals surface area contributed by atoms with Crippen LogP contribution in [0, 0.1) is 12.3 Å². The number of hydrogen-bond donors (Lipinski definition) is 1. The Morgan fingerprint density at radius 1 is 1.32 bits per heavy atom. The van der Waals surface area contributed by atoms with E-state index in [9.17, 15) is 0 Å². The van der Waals surface area contributed by atoms with Gasteiger partial charge in [0.1, 0.15) is 0 Å². The van der Waals surface area contributed by atoms with Crippen LogP contribution in [0.25, 0.3) is 0 Å². The second-order valence-corrected chi connectivity index (χ2v) is 6.98. The van der Waals surface area contributed by atoms with Crippen molar-refractivity contribution in [2.24, 2.45) is 5.41 Å². The molecule has 2 rings (SSSR count). The Balaban J connectivity index is 2.07. The van der Waals surface area contributed by atoms with Crippen molar-refractivity contribution in [3.8, 4) is 0 Å². The summed E-state index contributed by atoms with van der Waals surface area (Å²) < 4.78 is 0. The molecular weight excluding hydrogens is 232 g/mol. The largest absolute Gasteiger partial charge is 0.371 e. The molecule has 0 aliphatic carbocycles. The van der Waals surface area contributed by atoms with E-state index in [0.717, 1.165) is 6.54 Å². The molecule has 1 aromatic carbocycles. The molecular formula is C17H28N2. The number of aryl methyl sites for hydroxylation is 1. The molecule has 0 bridgehead atoms. The van der Waals surface area contributed by atoms with Gasteiger partial charge in [0.25, 0.3) is 0 Å². The predicted molar refractivity (Wildman–Crippen MR) is 83.8 cm³/mol. The van der Waals surface area contributed by atoms with Gasteiger partial charge in [0.15, 0.2) is 0 Å². The highest BCUT2D eigenvalue weighted by atomic mass is 15.2. The molecule has 1 aromatic rings. The average Bonchev–Trinajstić information content (AvgIpc) is 2.68. The molecule has 2 nitrogen and oxygen atoms in total. The normalized spacial score (nSPS) is 18.3. The number of hydrogen-bond acceptors (Lipinski definition) is 2. The molecule has 19 heavy (non-hydrogen) atoms. The first-order valence-corrected chi connectivity index (χ1v) is 7.45. The van der Waals surface area contributed by atoms with Crippen LogP contribution in [0.2, 0.25) is 0 Å². The van der Waals surface area contributed by atoms with Crippen LogP contribution in [-0.4, -0.2) is 19.1 Å². The number of nitrogens with zero attached hydrogens (tertiary/aromatic N) is 1. The smallest absolute Gasteiger partial charge is 0.0369 e. The third-order valence-corrected chi connectivity index (χ3v) is 4.07. The van der Waals surface area contributed by atoms with Gasteiger partial charge in [-0.05, 0) is 42.0 Å². The molecule has 0 spiro atoms. The van der Waals surface area contributed by atoms with E-state index in [2.05, 4.69) is 63.0 Å². The summed E-state index contributed by atoms with van der Waals surface area (Å²) in [5.41, 5.74) is 4.66. The second kappa shape index (κ2) is 5.54. The molecule has 0 amide bonds. The van der Waals surface area contributed by atoms with E-state index in [-0.39, 0.29) is 0 Å². The molecule has 0 radical (unpaired) electrons. The first-order valence-electron chi connectivity index (χ1n) is 7.45. The average molecular weight is 260 g/mol. The highest BCUT2D eigenvalue weighted by Crippen LogP contribution is 2.33. The Labute approximate surface area is 118 Å². The monoisotopic (exact) mass is 260 g/mol. The molecule has 0 unspecified atom stereocenters. The molecule has 106 valence electrons. The minimum Gasteiger partial charge on any atom is -0.371 e. The lowest BCUT2D eigenvalue weighted by molar-refractivity contribution is 0.418. The third kappa shape index (κ3) is 3.73. The molecule has 1 N–H and O–H groups in total. The van der Waals surface area contributed by atoms with Gasteiger partial charge in [-0.2, -0.15) is 0 Å². The van der Waals surface area contributed by atoms with Gasteiger partial charge in [0.2, 0.25) is 0 Å². The fourth-order valence-electron chi connectivity index (χ4n) is 2.72. The van der Waals surface area contributed by atoms with E-state index in [0.29, 0.717) is 11.5 Å². The summed E-state index contributed by atoms with van der Waals surface area (Å²) >= 11 is 0. The van der Waals surface area contributed by atoms with Gasteiger partial charge in [-0.25, -0.2) is 0 Å². The van der Waals surface area contributed by atoms with E-state index >= 15 is 0 Å².